The number of alkyl halides is 4. The van der Waals surface area contributed by atoms with Crippen LogP contribution >= 0.6 is 0 Å². The predicted molar refractivity (Wildman–Crippen MR) is 53.1 cm³/mol. The van der Waals surface area contributed by atoms with Crippen molar-refractivity contribution in [2.45, 2.75) is 18.8 Å². The van der Waals surface area contributed by atoms with E-state index in [1.165, 1.54) is 6.92 Å². The van der Waals surface area contributed by atoms with Gasteiger partial charge in [-0.15, -0.1) is 0 Å². The van der Waals surface area contributed by atoms with E-state index in [1.54, 1.807) is 0 Å². The Morgan fingerprint density at radius 2 is 1.53 bits per heavy atom. The average molecular weight is 252 g/mol. The minimum atomic E-state index is -3.46. The summed E-state index contributed by atoms with van der Waals surface area (Å²) in [6.45, 7) is -1.53. The van der Waals surface area contributed by atoms with Crippen LogP contribution in [0.3, 0.4) is 0 Å². The second-order valence-corrected chi connectivity index (χ2v) is 3.75. The summed E-state index contributed by atoms with van der Waals surface area (Å²) in [5.74, 6) is -6.92. The van der Waals surface area contributed by atoms with Gasteiger partial charge in [0.1, 0.15) is 13.2 Å². The molecule has 0 amide bonds. The molecule has 2 nitrogen and oxygen atoms in total. The first-order valence-corrected chi connectivity index (χ1v) is 4.83. The SMILES string of the molecule is Cc1cc(C(F)(F)CO)ccc1C(F)(F)CO. The Hall–Kier alpha value is -1.14. The molecule has 0 heterocycles. The lowest BCUT2D eigenvalue weighted by atomic mass is 9.98. The highest BCUT2D eigenvalue weighted by Crippen LogP contribution is 2.34. The fourth-order valence-corrected chi connectivity index (χ4v) is 1.48. The van der Waals surface area contributed by atoms with E-state index in [9.17, 15) is 17.6 Å². The second kappa shape index (κ2) is 4.62. The van der Waals surface area contributed by atoms with Gasteiger partial charge in [0.15, 0.2) is 0 Å². The molecule has 0 saturated heterocycles. The van der Waals surface area contributed by atoms with Crippen LogP contribution in [-0.2, 0) is 11.8 Å². The van der Waals surface area contributed by atoms with Gasteiger partial charge in [0.05, 0.1) is 0 Å². The molecule has 0 fully saturated rings. The summed E-state index contributed by atoms with van der Waals surface area (Å²) < 4.78 is 52.5. The third kappa shape index (κ3) is 2.76. The molecular formula is C11H12F4O2. The molecule has 2 N–H and O–H groups in total. The average Bonchev–Trinajstić information content (AvgIpc) is 2.28. The molecular weight excluding hydrogens is 240 g/mol. The fraction of sp³-hybridized carbons (Fsp3) is 0.455. The van der Waals surface area contributed by atoms with Gasteiger partial charge < -0.3 is 10.2 Å². The van der Waals surface area contributed by atoms with Crippen LogP contribution in [0.15, 0.2) is 18.2 Å². The van der Waals surface area contributed by atoms with Crippen molar-refractivity contribution in [2.24, 2.45) is 0 Å². The Kier molecular flexibility index (Phi) is 3.78. The van der Waals surface area contributed by atoms with E-state index in [4.69, 9.17) is 10.2 Å². The van der Waals surface area contributed by atoms with Gasteiger partial charge in [-0.3, -0.25) is 0 Å². The van der Waals surface area contributed by atoms with Crippen LogP contribution in [0.4, 0.5) is 17.6 Å². The van der Waals surface area contributed by atoms with Gasteiger partial charge in [-0.2, -0.15) is 17.6 Å². The number of hydrogen-bond donors (Lipinski definition) is 2. The summed E-state index contributed by atoms with van der Waals surface area (Å²) in [5, 5.41) is 17.0. The van der Waals surface area contributed by atoms with Gasteiger partial charge in [0.2, 0.25) is 0 Å². The first-order valence-electron chi connectivity index (χ1n) is 4.83. The van der Waals surface area contributed by atoms with Crippen molar-refractivity contribution in [2.75, 3.05) is 13.2 Å². The van der Waals surface area contributed by atoms with Gasteiger partial charge in [0.25, 0.3) is 11.8 Å². The smallest absolute Gasteiger partial charge is 0.296 e. The lowest BCUT2D eigenvalue weighted by molar-refractivity contribution is -0.0591. The molecule has 1 aromatic carbocycles. The normalized spacial score (nSPS) is 12.9. The zero-order valence-electron chi connectivity index (χ0n) is 9.05. The van der Waals surface area contributed by atoms with E-state index in [0.717, 1.165) is 18.2 Å². The Bertz CT molecular complexity index is 404. The van der Waals surface area contributed by atoms with Gasteiger partial charge in [-0.25, -0.2) is 0 Å². The van der Waals surface area contributed by atoms with E-state index >= 15 is 0 Å². The molecule has 1 aromatic rings. The summed E-state index contributed by atoms with van der Waals surface area (Å²) in [6.07, 6.45) is 0. The molecule has 0 unspecified atom stereocenters. The van der Waals surface area contributed by atoms with Crippen LogP contribution in [0.2, 0.25) is 0 Å². The van der Waals surface area contributed by atoms with E-state index < -0.39 is 36.2 Å². The summed E-state index contributed by atoms with van der Waals surface area (Å²) in [6, 6.07) is 2.54. The Morgan fingerprint density at radius 3 is 1.94 bits per heavy atom. The Labute approximate surface area is 95.5 Å². The Morgan fingerprint density at radius 1 is 1.00 bits per heavy atom. The van der Waals surface area contributed by atoms with Gasteiger partial charge in [0, 0.05) is 11.1 Å². The summed E-state index contributed by atoms with van der Waals surface area (Å²) in [5.41, 5.74) is -1.10. The summed E-state index contributed by atoms with van der Waals surface area (Å²) in [7, 11) is 0. The summed E-state index contributed by atoms with van der Waals surface area (Å²) >= 11 is 0. The molecule has 96 valence electrons. The van der Waals surface area contributed by atoms with Crippen LogP contribution in [0, 0.1) is 6.92 Å². The lowest BCUT2D eigenvalue weighted by Gasteiger charge is -2.19. The monoisotopic (exact) mass is 252 g/mol. The second-order valence-electron chi connectivity index (χ2n) is 3.75. The highest BCUT2D eigenvalue weighted by Gasteiger charge is 2.35. The molecule has 0 aliphatic carbocycles. The standard InChI is InChI=1S/C11H12F4O2/c1-7-4-8(10(12,13)5-16)2-3-9(7)11(14,15)6-17/h2-4,16-17H,5-6H2,1H3. The molecule has 0 atom stereocenters. The Balaban J connectivity index is 3.20. The third-order valence-corrected chi connectivity index (χ3v) is 2.44. The van der Waals surface area contributed by atoms with E-state index in [1.807, 2.05) is 0 Å². The molecule has 6 heteroatoms. The quantitative estimate of drug-likeness (QED) is 0.806. The maximum absolute atomic E-state index is 13.2. The van der Waals surface area contributed by atoms with E-state index in [0.29, 0.717) is 0 Å². The number of benzene rings is 1. The predicted octanol–water partition coefficient (Wildman–Crippen LogP) is 2.16. The van der Waals surface area contributed by atoms with Crippen LogP contribution in [0.5, 0.6) is 0 Å². The largest absolute Gasteiger partial charge is 0.390 e. The van der Waals surface area contributed by atoms with E-state index in [2.05, 4.69) is 0 Å². The number of aliphatic hydroxyl groups excluding tert-OH is 2. The van der Waals surface area contributed by atoms with Crippen molar-refractivity contribution < 1.29 is 27.8 Å². The van der Waals surface area contributed by atoms with Gasteiger partial charge in [-0.05, 0) is 18.6 Å². The number of halogens is 4. The maximum Gasteiger partial charge on any atom is 0.296 e. The molecule has 0 saturated carbocycles. The van der Waals surface area contributed by atoms with Crippen molar-refractivity contribution in [3.05, 3.63) is 34.9 Å². The first kappa shape index (κ1) is 13.9. The molecule has 0 spiro atoms. The molecule has 0 aliphatic rings. The summed E-state index contributed by atoms with van der Waals surface area (Å²) in [4.78, 5) is 0. The minimum absolute atomic E-state index is 0.0605. The van der Waals surface area contributed by atoms with Crippen molar-refractivity contribution in [3.63, 3.8) is 0 Å². The van der Waals surface area contributed by atoms with Crippen LogP contribution in [0.25, 0.3) is 0 Å². The molecule has 1 rings (SSSR count). The minimum Gasteiger partial charge on any atom is -0.390 e. The zero-order chi connectivity index (χ0) is 13.3. The van der Waals surface area contributed by atoms with Crippen molar-refractivity contribution in [1.29, 1.82) is 0 Å². The van der Waals surface area contributed by atoms with Crippen molar-refractivity contribution in [1.82, 2.24) is 0 Å². The number of aliphatic hydroxyl groups is 2. The highest BCUT2D eigenvalue weighted by molar-refractivity contribution is 5.36. The van der Waals surface area contributed by atoms with Gasteiger partial charge >= 0.3 is 0 Å². The number of aryl methyl sites for hydroxylation is 1. The number of rotatable bonds is 4. The fourth-order valence-electron chi connectivity index (χ4n) is 1.48. The molecule has 0 radical (unpaired) electrons. The highest BCUT2D eigenvalue weighted by atomic mass is 19.3. The van der Waals surface area contributed by atoms with E-state index in [-0.39, 0.29) is 5.56 Å². The zero-order valence-corrected chi connectivity index (χ0v) is 9.05. The molecule has 0 bridgehead atoms. The van der Waals surface area contributed by atoms with Crippen molar-refractivity contribution >= 4 is 0 Å². The van der Waals surface area contributed by atoms with Gasteiger partial charge in [-0.1, -0.05) is 12.1 Å². The maximum atomic E-state index is 13.2. The third-order valence-electron chi connectivity index (χ3n) is 2.44. The van der Waals surface area contributed by atoms with Crippen LogP contribution < -0.4 is 0 Å². The van der Waals surface area contributed by atoms with Crippen molar-refractivity contribution in [3.8, 4) is 0 Å². The van der Waals surface area contributed by atoms with Crippen LogP contribution in [0.1, 0.15) is 16.7 Å². The molecule has 0 aromatic heterocycles. The lowest BCUT2D eigenvalue weighted by Crippen LogP contribution is -2.22. The first-order chi connectivity index (χ1) is 7.74. The molecule has 0 aliphatic heterocycles. The topological polar surface area (TPSA) is 40.5 Å². The number of hydrogen-bond acceptors (Lipinski definition) is 2. The molecule has 17 heavy (non-hydrogen) atoms. The van der Waals surface area contributed by atoms with Crippen LogP contribution in [-0.4, -0.2) is 23.4 Å².